The number of thiazole rings is 1. The fourth-order valence-corrected chi connectivity index (χ4v) is 5.45. The molecule has 0 aliphatic carbocycles. The molecule has 0 unspecified atom stereocenters. The molecule has 2 aromatic carbocycles. The minimum absolute atomic E-state index is 0.250. The highest BCUT2D eigenvalue weighted by Crippen LogP contribution is 2.40. The minimum atomic E-state index is -0.291. The standard InChI is InChI=1S/C22H19F2N3S2.CO2/c1-13(2)28-21-20(16-7-5-9-18(24)11-16)25-22(29-21)27-12-19(14(3)26-27)15-6-4-8-17(23)10-15;2-1-3/h4-13H,1-3H3;. The van der Waals surface area contributed by atoms with Gasteiger partial charge >= 0.3 is 6.15 Å². The van der Waals surface area contributed by atoms with Crippen LogP contribution in [0.25, 0.3) is 27.5 Å². The maximum absolute atomic E-state index is 13.8. The van der Waals surface area contributed by atoms with Crippen molar-refractivity contribution in [2.24, 2.45) is 0 Å². The lowest BCUT2D eigenvalue weighted by Gasteiger charge is -2.04. The summed E-state index contributed by atoms with van der Waals surface area (Å²) in [6.07, 6.45) is 2.11. The number of hydrogen-bond donors (Lipinski definition) is 0. The number of hydrogen-bond acceptors (Lipinski definition) is 6. The Labute approximate surface area is 192 Å². The van der Waals surface area contributed by atoms with Gasteiger partial charge < -0.3 is 0 Å². The SMILES string of the molecule is Cc1nn(-c2nc(-c3cccc(F)c3)c(SC(C)C)s2)cc1-c1cccc(F)c1.O=C=O. The van der Waals surface area contributed by atoms with Crippen LogP contribution in [-0.2, 0) is 9.59 Å². The van der Waals surface area contributed by atoms with Crippen molar-refractivity contribution in [1.29, 1.82) is 0 Å². The van der Waals surface area contributed by atoms with Gasteiger partial charge in [-0.2, -0.15) is 14.7 Å². The summed E-state index contributed by atoms with van der Waals surface area (Å²) in [7, 11) is 0. The van der Waals surface area contributed by atoms with Crippen LogP contribution in [-0.4, -0.2) is 26.2 Å². The molecule has 4 rings (SSSR count). The third kappa shape index (κ3) is 5.56. The third-order valence-electron chi connectivity index (χ3n) is 4.26. The van der Waals surface area contributed by atoms with E-state index in [1.54, 1.807) is 28.6 Å². The van der Waals surface area contributed by atoms with Crippen molar-refractivity contribution in [3.05, 3.63) is 72.1 Å². The Balaban J connectivity index is 0.000000913. The first-order valence-corrected chi connectivity index (χ1v) is 11.3. The molecule has 0 bridgehead atoms. The highest BCUT2D eigenvalue weighted by Gasteiger charge is 2.18. The van der Waals surface area contributed by atoms with Gasteiger partial charge in [0.15, 0.2) is 0 Å². The fraction of sp³-hybridized carbons (Fsp3) is 0.174. The van der Waals surface area contributed by atoms with Gasteiger partial charge in [0.05, 0.1) is 15.6 Å². The highest BCUT2D eigenvalue weighted by atomic mass is 32.2. The van der Waals surface area contributed by atoms with E-state index in [2.05, 4.69) is 18.9 Å². The normalized spacial score (nSPS) is 10.6. The molecule has 32 heavy (non-hydrogen) atoms. The molecular formula is C23H19F2N3O2S2. The van der Waals surface area contributed by atoms with Crippen molar-refractivity contribution in [1.82, 2.24) is 14.8 Å². The molecule has 0 atom stereocenters. The monoisotopic (exact) mass is 471 g/mol. The number of rotatable bonds is 5. The molecule has 0 aliphatic rings. The summed E-state index contributed by atoms with van der Waals surface area (Å²) in [5.74, 6) is -0.575. The molecule has 2 aromatic heterocycles. The van der Waals surface area contributed by atoms with E-state index >= 15 is 0 Å². The Morgan fingerprint density at radius 1 is 1.03 bits per heavy atom. The van der Waals surface area contributed by atoms with E-state index in [4.69, 9.17) is 14.6 Å². The quantitative estimate of drug-likeness (QED) is 0.326. The van der Waals surface area contributed by atoms with Crippen LogP contribution in [0.1, 0.15) is 19.5 Å². The summed E-state index contributed by atoms with van der Waals surface area (Å²) >= 11 is 3.21. The molecule has 164 valence electrons. The summed E-state index contributed by atoms with van der Waals surface area (Å²) in [5, 5.41) is 5.64. The molecule has 0 radical (unpaired) electrons. The lowest BCUT2D eigenvalue weighted by molar-refractivity contribution is -0.191. The molecule has 5 nitrogen and oxygen atoms in total. The molecule has 2 heterocycles. The summed E-state index contributed by atoms with van der Waals surface area (Å²) < 4.78 is 30.1. The predicted molar refractivity (Wildman–Crippen MR) is 121 cm³/mol. The number of halogens is 2. The lowest BCUT2D eigenvalue weighted by atomic mass is 10.1. The van der Waals surface area contributed by atoms with Crippen molar-refractivity contribution in [2.45, 2.75) is 30.2 Å². The first kappa shape index (κ1) is 23.5. The first-order valence-electron chi connectivity index (χ1n) is 9.57. The summed E-state index contributed by atoms with van der Waals surface area (Å²) in [5.41, 5.74) is 3.90. The predicted octanol–water partition coefficient (Wildman–Crippen LogP) is 6.17. The number of benzene rings is 2. The number of aromatic nitrogens is 3. The minimum Gasteiger partial charge on any atom is -0.217 e. The van der Waals surface area contributed by atoms with Crippen LogP contribution in [0.15, 0.2) is 58.9 Å². The Bertz CT molecular complexity index is 1260. The zero-order chi connectivity index (χ0) is 23.3. The molecule has 0 spiro atoms. The van der Waals surface area contributed by atoms with Crippen molar-refractivity contribution in [2.75, 3.05) is 0 Å². The molecule has 0 aliphatic heterocycles. The summed E-state index contributed by atoms with van der Waals surface area (Å²) in [4.78, 5) is 21.0. The van der Waals surface area contributed by atoms with Gasteiger partial charge in [0.25, 0.3) is 0 Å². The Morgan fingerprint density at radius 3 is 2.22 bits per heavy atom. The number of nitrogens with zero attached hydrogens (tertiary/aromatic N) is 3. The average molecular weight is 472 g/mol. The molecule has 4 aromatic rings. The van der Waals surface area contributed by atoms with Gasteiger partial charge in [0.2, 0.25) is 5.13 Å². The van der Waals surface area contributed by atoms with Gasteiger partial charge in [0.1, 0.15) is 11.6 Å². The average Bonchev–Trinajstić information content (AvgIpc) is 3.32. The smallest absolute Gasteiger partial charge is 0.217 e. The van der Waals surface area contributed by atoms with E-state index in [9.17, 15) is 8.78 Å². The van der Waals surface area contributed by atoms with Crippen molar-refractivity contribution in [3.63, 3.8) is 0 Å². The topological polar surface area (TPSA) is 64.8 Å². The molecule has 0 fully saturated rings. The Kier molecular flexibility index (Phi) is 7.69. The van der Waals surface area contributed by atoms with Gasteiger partial charge in [-0.3, -0.25) is 0 Å². The molecular weight excluding hydrogens is 452 g/mol. The third-order valence-corrected chi connectivity index (χ3v) is 6.51. The highest BCUT2D eigenvalue weighted by molar-refractivity contribution is 8.01. The molecule has 0 saturated carbocycles. The van der Waals surface area contributed by atoms with Crippen molar-refractivity contribution < 1.29 is 18.4 Å². The molecule has 0 N–H and O–H groups in total. The number of thioether (sulfide) groups is 1. The van der Waals surface area contributed by atoms with Crippen LogP contribution in [0.2, 0.25) is 0 Å². The lowest BCUT2D eigenvalue weighted by Crippen LogP contribution is -1.94. The maximum atomic E-state index is 13.8. The molecule has 0 amide bonds. The van der Waals surface area contributed by atoms with E-state index in [0.717, 1.165) is 32.3 Å². The van der Waals surface area contributed by atoms with E-state index in [1.165, 1.54) is 35.6 Å². The van der Waals surface area contributed by atoms with Gasteiger partial charge in [-0.05, 0) is 36.8 Å². The van der Waals surface area contributed by atoms with E-state index in [1.807, 2.05) is 25.3 Å². The zero-order valence-corrected chi connectivity index (χ0v) is 19.1. The second-order valence-corrected chi connectivity index (χ2v) is 9.80. The van der Waals surface area contributed by atoms with Gasteiger partial charge in [-0.1, -0.05) is 49.4 Å². The van der Waals surface area contributed by atoms with Crippen LogP contribution in [0.5, 0.6) is 0 Å². The summed E-state index contributed by atoms with van der Waals surface area (Å²) in [6.45, 7) is 6.11. The van der Waals surface area contributed by atoms with Crippen LogP contribution >= 0.6 is 23.1 Å². The second kappa shape index (κ2) is 10.5. The van der Waals surface area contributed by atoms with Crippen molar-refractivity contribution in [3.8, 4) is 27.5 Å². The maximum Gasteiger partial charge on any atom is 0.373 e. The summed E-state index contributed by atoms with van der Waals surface area (Å²) in [6, 6.07) is 12.9. The number of carbonyl (C=O) groups excluding carboxylic acids is 2. The van der Waals surface area contributed by atoms with Crippen LogP contribution in [0, 0.1) is 18.6 Å². The fourth-order valence-electron chi connectivity index (χ4n) is 3.00. The van der Waals surface area contributed by atoms with Crippen LogP contribution < -0.4 is 0 Å². The Hall–Kier alpha value is -3.13. The van der Waals surface area contributed by atoms with Gasteiger partial charge in [-0.15, -0.1) is 11.8 Å². The van der Waals surface area contributed by atoms with Crippen molar-refractivity contribution >= 4 is 29.3 Å². The zero-order valence-electron chi connectivity index (χ0n) is 17.5. The molecule has 9 heteroatoms. The van der Waals surface area contributed by atoms with Crippen LogP contribution in [0.3, 0.4) is 0 Å². The van der Waals surface area contributed by atoms with Gasteiger partial charge in [0, 0.05) is 22.6 Å². The first-order chi connectivity index (χ1) is 15.3. The Morgan fingerprint density at radius 2 is 1.62 bits per heavy atom. The van der Waals surface area contributed by atoms with Gasteiger partial charge in [-0.25, -0.2) is 18.4 Å². The second-order valence-electron chi connectivity index (χ2n) is 6.98. The van der Waals surface area contributed by atoms with E-state index in [0.29, 0.717) is 10.4 Å². The largest absolute Gasteiger partial charge is 0.373 e. The van der Waals surface area contributed by atoms with Crippen LogP contribution in [0.4, 0.5) is 8.78 Å². The number of aryl methyl sites for hydroxylation is 1. The van der Waals surface area contributed by atoms with E-state index in [-0.39, 0.29) is 17.8 Å². The van der Waals surface area contributed by atoms with E-state index < -0.39 is 0 Å². The molecule has 0 saturated heterocycles.